The van der Waals surface area contributed by atoms with Gasteiger partial charge in [-0.2, -0.15) is 0 Å². The van der Waals surface area contributed by atoms with E-state index in [0.717, 1.165) is 10.6 Å². The molecule has 0 spiro atoms. The van der Waals surface area contributed by atoms with Crippen LogP contribution in [0.2, 0.25) is 0 Å². The van der Waals surface area contributed by atoms with Crippen LogP contribution in [0.3, 0.4) is 0 Å². The lowest BCUT2D eigenvalue weighted by Gasteiger charge is -2.33. The van der Waals surface area contributed by atoms with Crippen molar-refractivity contribution in [2.45, 2.75) is 44.7 Å². The molecule has 0 aromatic carbocycles. The first-order chi connectivity index (χ1) is 9.72. The normalized spacial score (nSPS) is 21.7. The maximum atomic E-state index is 4.41. The predicted molar refractivity (Wildman–Crippen MR) is 85.0 cm³/mol. The van der Waals surface area contributed by atoms with Crippen molar-refractivity contribution in [1.82, 2.24) is 14.5 Å². The molecule has 0 amide bonds. The summed E-state index contributed by atoms with van der Waals surface area (Å²) < 4.78 is 3.39. The molecule has 1 aliphatic carbocycles. The van der Waals surface area contributed by atoms with Crippen molar-refractivity contribution in [3.63, 3.8) is 0 Å². The van der Waals surface area contributed by atoms with Crippen molar-refractivity contribution in [2.24, 2.45) is 0 Å². The molecule has 20 heavy (non-hydrogen) atoms. The highest BCUT2D eigenvalue weighted by Gasteiger charge is 2.32. The Morgan fingerprint density at radius 1 is 1.15 bits per heavy atom. The molecule has 4 heteroatoms. The number of likely N-dealkylation sites (tertiary alicyclic amines) is 1. The number of hydrogen-bond donors (Lipinski definition) is 0. The van der Waals surface area contributed by atoms with E-state index < -0.39 is 0 Å². The van der Waals surface area contributed by atoms with Gasteiger partial charge in [0.2, 0.25) is 0 Å². The van der Waals surface area contributed by atoms with Gasteiger partial charge < -0.3 is 9.47 Å². The maximum absolute atomic E-state index is 4.41. The van der Waals surface area contributed by atoms with Crippen molar-refractivity contribution in [2.75, 3.05) is 13.1 Å². The van der Waals surface area contributed by atoms with Crippen LogP contribution < -0.4 is 0 Å². The van der Waals surface area contributed by atoms with Crippen LogP contribution in [0, 0.1) is 6.92 Å². The lowest BCUT2D eigenvalue weighted by molar-refractivity contribution is 0.180. The van der Waals surface area contributed by atoms with Crippen LogP contribution in [-0.4, -0.2) is 33.6 Å². The molecule has 0 unspecified atom stereocenters. The molecular weight excluding hydrogens is 314 g/mol. The molecule has 2 aliphatic rings. The minimum Gasteiger partial charge on any atom is -0.343 e. The Morgan fingerprint density at radius 2 is 1.90 bits per heavy atom. The minimum atomic E-state index is 0.643. The van der Waals surface area contributed by atoms with Gasteiger partial charge in [-0.25, -0.2) is 4.98 Å². The highest BCUT2D eigenvalue weighted by atomic mass is 79.9. The average molecular weight is 334 g/mol. The van der Waals surface area contributed by atoms with Crippen LogP contribution in [0.25, 0.3) is 10.9 Å². The molecular formula is C16H20BrN3. The van der Waals surface area contributed by atoms with Crippen LogP contribution >= 0.6 is 15.9 Å². The standard InChI is InChI=1S/C16H20BrN3/c1-11-10-20(15-9-18-16(17)8-14(11)15)13-4-6-19(7-5-13)12-2-3-12/h8-10,12-13H,2-7H2,1H3. The summed E-state index contributed by atoms with van der Waals surface area (Å²) in [5.41, 5.74) is 2.64. The first kappa shape index (κ1) is 12.8. The van der Waals surface area contributed by atoms with Crippen molar-refractivity contribution >= 4 is 26.8 Å². The van der Waals surface area contributed by atoms with Crippen LogP contribution in [0.5, 0.6) is 0 Å². The van der Waals surface area contributed by atoms with E-state index in [1.807, 2.05) is 6.20 Å². The molecule has 3 nitrogen and oxygen atoms in total. The van der Waals surface area contributed by atoms with Gasteiger partial charge in [0.25, 0.3) is 0 Å². The Morgan fingerprint density at radius 3 is 2.60 bits per heavy atom. The molecule has 1 saturated carbocycles. The monoisotopic (exact) mass is 333 g/mol. The van der Waals surface area contributed by atoms with Gasteiger partial charge in [0.05, 0.1) is 11.7 Å². The van der Waals surface area contributed by atoms with Gasteiger partial charge in [0, 0.05) is 36.8 Å². The number of hydrogen-bond acceptors (Lipinski definition) is 2. The summed E-state index contributed by atoms with van der Waals surface area (Å²) in [5, 5.41) is 1.33. The second-order valence-electron chi connectivity index (χ2n) is 6.24. The van der Waals surface area contributed by atoms with Crippen LogP contribution in [0.4, 0.5) is 0 Å². The molecule has 0 atom stereocenters. The molecule has 3 heterocycles. The first-order valence-electron chi connectivity index (χ1n) is 7.59. The summed E-state index contributed by atoms with van der Waals surface area (Å²) in [6.07, 6.45) is 9.73. The average Bonchev–Trinajstić information content (AvgIpc) is 3.25. The number of aromatic nitrogens is 2. The van der Waals surface area contributed by atoms with Crippen LogP contribution in [0.15, 0.2) is 23.1 Å². The Hall–Kier alpha value is -0.870. The minimum absolute atomic E-state index is 0.643. The van der Waals surface area contributed by atoms with E-state index in [-0.39, 0.29) is 0 Å². The fourth-order valence-corrected chi connectivity index (χ4v) is 3.89. The van der Waals surface area contributed by atoms with Gasteiger partial charge in [-0.1, -0.05) is 0 Å². The number of rotatable bonds is 2. The molecule has 0 N–H and O–H groups in total. The van der Waals surface area contributed by atoms with Crippen LogP contribution in [-0.2, 0) is 0 Å². The van der Waals surface area contributed by atoms with Crippen molar-refractivity contribution in [3.05, 3.63) is 28.6 Å². The fraction of sp³-hybridized carbons (Fsp3) is 0.562. The van der Waals surface area contributed by atoms with Gasteiger partial charge in [-0.3, -0.25) is 0 Å². The number of pyridine rings is 1. The van der Waals surface area contributed by atoms with E-state index >= 15 is 0 Å². The van der Waals surface area contributed by atoms with Gasteiger partial charge in [0.1, 0.15) is 4.60 Å². The maximum Gasteiger partial charge on any atom is 0.106 e. The second-order valence-corrected chi connectivity index (χ2v) is 7.05. The van der Waals surface area contributed by atoms with E-state index in [9.17, 15) is 0 Å². The molecule has 0 bridgehead atoms. The quantitative estimate of drug-likeness (QED) is 0.777. The summed E-state index contributed by atoms with van der Waals surface area (Å²) in [7, 11) is 0. The van der Waals surface area contributed by atoms with Crippen LogP contribution in [0.1, 0.15) is 37.3 Å². The zero-order chi connectivity index (χ0) is 13.7. The third-order valence-corrected chi connectivity index (χ3v) is 5.27. The zero-order valence-electron chi connectivity index (χ0n) is 11.8. The van der Waals surface area contributed by atoms with Crippen molar-refractivity contribution in [3.8, 4) is 0 Å². The Kier molecular flexibility index (Phi) is 3.11. The van der Waals surface area contributed by atoms with Gasteiger partial charge in [-0.15, -0.1) is 0 Å². The molecule has 4 rings (SSSR count). The lowest BCUT2D eigenvalue weighted by atomic mass is 10.0. The van der Waals surface area contributed by atoms with Gasteiger partial charge >= 0.3 is 0 Å². The van der Waals surface area contributed by atoms with Crippen molar-refractivity contribution < 1.29 is 0 Å². The second kappa shape index (κ2) is 4.85. The third kappa shape index (κ3) is 2.19. The topological polar surface area (TPSA) is 21.1 Å². The summed E-state index contributed by atoms with van der Waals surface area (Å²) in [4.78, 5) is 7.10. The number of nitrogens with zero attached hydrogens (tertiary/aromatic N) is 3. The largest absolute Gasteiger partial charge is 0.343 e. The van der Waals surface area contributed by atoms with Crippen molar-refractivity contribution in [1.29, 1.82) is 0 Å². The van der Waals surface area contributed by atoms with Gasteiger partial charge in [-0.05, 0) is 60.2 Å². The number of halogens is 1. The molecule has 2 aromatic rings. The Labute approximate surface area is 128 Å². The number of fused-ring (bicyclic) bond motifs is 1. The summed E-state index contributed by atoms with van der Waals surface area (Å²) in [5.74, 6) is 0. The smallest absolute Gasteiger partial charge is 0.106 e. The number of piperidine rings is 1. The third-order valence-electron chi connectivity index (χ3n) is 4.84. The molecule has 2 aromatic heterocycles. The molecule has 106 valence electrons. The summed E-state index contributed by atoms with van der Waals surface area (Å²) in [6, 6.07) is 3.70. The predicted octanol–water partition coefficient (Wildman–Crippen LogP) is 3.91. The zero-order valence-corrected chi connectivity index (χ0v) is 13.4. The van der Waals surface area contributed by atoms with E-state index in [4.69, 9.17) is 0 Å². The SMILES string of the molecule is Cc1cn(C2CCN(C3CC3)CC2)c2cnc(Br)cc12. The Bertz CT molecular complexity index is 636. The molecule has 0 radical (unpaired) electrons. The number of aryl methyl sites for hydroxylation is 1. The molecule has 1 saturated heterocycles. The highest BCUT2D eigenvalue weighted by Crippen LogP contribution is 2.34. The highest BCUT2D eigenvalue weighted by molar-refractivity contribution is 9.10. The molecule has 1 aliphatic heterocycles. The molecule has 2 fully saturated rings. The van der Waals surface area contributed by atoms with E-state index in [2.05, 4.69) is 49.6 Å². The van der Waals surface area contributed by atoms with E-state index in [1.165, 1.54) is 55.2 Å². The van der Waals surface area contributed by atoms with Gasteiger partial charge in [0.15, 0.2) is 0 Å². The van der Waals surface area contributed by atoms with E-state index in [0.29, 0.717) is 6.04 Å². The summed E-state index contributed by atoms with van der Waals surface area (Å²) in [6.45, 7) is 4.72. The summed E-state index contributed by atoms with van der Waals surface area (Å²) >= 11 is 3.48. The fourth-order valence-electron chi connectivity index (χ4n) is 3.56. The van der Waals surface area contributed by atoms with E-state index in [1.54, 1.807) is 0 Å². The Balaban J connectivity index is 1.62. The first-order valence-corrected chi connectivity index (χ1v) is 8.38. The lowest BCUT2D eigenvalue weighted by Crippen LogP contribution is -2.35.